The molecule has 1 rings (SSSR count). The van der Waals surface area contributed by atoms with Crippen molar-refractivity contribution in [1.82, 2.24) is 10.3 Å². The van der Waals surface area contributed by atoms with Crippen molar-refractivity contribution in [2.24, 2.45) is 0 Å². The fourth-order valence-electron chi connectivity index (χ4n) is 1.56. The molecule has 0 amide bonds. The summed E-state index contributed by atoms with van der Waals surface area (Å²) in [5, 5.41) is 14.5. The fourth-order valence-corrected chi connectivity index (χ4v) is 2.80. The van der Waals surface area contributed by atoms with Crippen molar-refractivity contribution in [2.75, 3.05) is 13.7 Å². The summed E-state index contributed by atoms with van der Waals surface area (Å²) >= 11 is 7.47. The zero-order valence-corrected chi connectivity index (χ0v) is 12.0. The molecule has 1 aromatic heterocycles. The fraction of sp³-hybridized carbons (Fsp3) is 0.583. The van der Waals surface area contributed by atoms with Gasteiger partial charge in [0.2, 0.25) is 0 Å². The van der Waals surface area contributed by atoms with Crippen LogP contribution >= 0.6 is 23.4 Å². The molecule has 0 spiro atoms. The first kappa shape index (κ1) is 14.8. The van der Waals surface area contributed by atoms with E-state index >= 15 is 0 Å². The Hall–Kier alpha value is -0.290. The van der Waals surface area contributed by atoms with E-state index in [1.807, 2.05) is 26.1 Å². The number of hydrogen-bond donors (Lipinski definition) is 2. The van der Waals surface area contributed by atoms with E-state index in [1.54, 1.807) is 18.0 Å². The number of aliphatic hydroxyl groups excluding tert-OH is 1. The Morgan fingerprint density at radius 2 is 2.29 bits per heavy atom. The third-order valence-electron chi connectivity index (χ3n) is 2.71. The van der Waals surface area contributed by atoms with E-state index in [2.05, 4.69) is 17.2 Å². The average molecular weight is 275 g/mol. The minimum absolute atomic E-state index is 0.127. The molecule has 3 nitrogen and oxygen atoms in total. The molecule has 0 aromatic carbocycles. The van der Waals surface area contributed by atoms with Crippen LogP contribution in [0.25, 0.3) is 0 Å². The van der Waals surface area contributed by atoms with Gasteiger partial charge in [0.15, 0.2) is 0 Å². The quantitative estimate of drug-likeness (QED) is 0.783. The molecule has 5 heteroatoms. The number of likely N-dealkylation sites (N-methyl/N-ethyl adjacent to an activating group) is 1. The van der Waals surface area contributed by atoms with E-state index in [4.69, 9.17) is 11.6 Å². The molecule has 96 valence electrons. The van der Waals surface area contributed by atoms with Crippen LogP contribution in [0.5, 0.6) is 0 Å². The van der Waals surface area contributed by atoms with Gasteiger partial charge in [0, 0.05) is 17.0 Å². The average Bonchev–Trinajstić information content (AvgIpc) is 2.32. The van der Waals surface area contributed by atoms with Crippen molar-refractivity contribution in [1.29, 1.82) is 0 Å². The maximum absolute atomic E-state index is 9.33. The van der Waals surface area contributed by atoms with Crippen molar-refractivity contribution in [3.63, 3.8) is 0 Å². The first-order valence-electron chi connectivity index (χ1n) is 5.57. The summed E-state index contributed by atoms with van der Waals surface area (Å²) in [5.41, 5.74) is -0.237. The second kappa shape index (κ2) is 6.59. The molecule has 0 radical (unpaired) electrons. The molecule has 1 aromatic rings. The Morgan fingerprint density at radius 3 is 2.76 bits per heavy atom. The number of hydrogen-bond acceptors (Lipinski definition) is 4. The maximum atomic E-state index is 9.33. The zero-order chi connectivity index (χ0) is 12.9. The molecule has 0 saturated carbocycles. The van der Waals surface area contributed by atoms with Crippen molar-refractivity contribution in [3.8, 4) is 0 Å². The smallest absolute Gasteiger partial charge is 0.0963 e. The number of aromatic nitrogens is 1. The Morgan fingerprint density at radius 1 is 1.59 bits per heavy atom. The van der Waals surface area contributed by atoms with Gasteiger partial charge in [0.25, 0.3) is 0 Å². The molecule has 0 saturated heterocycles. The SMILES string of the molecule is CNC(C)(CO)CC(C)Sc1ccc(Cl)cn1. The predicted octanol–water partition coefficient (Wildman–Crippen LogP) is 2.58. The van der Waals surface area contributed by atoms with Crippen LogP contribution in [0.15, 0.2) is 23.4 Å². The van der Waals surface area contributed by atoms with Crippen LogP contribution in [-0.2, 0) is 0 Å². The Balaban J connectivity index is 2.54. The van der Waals surface area contributed by atoms with Gasteiger partial charge >= 0.3 is 0 Å². The van der Waals surface area contributed by atoms with Crippen LogP contribution in [-0.4, -0.2) is 34.5 Å². The number of thioether (sulfide) groups is 1. The summed E-state index contributed by atoms with van der Waals surface area (Å²) in [7, 11) is 1.87. The van der Waals surface area contributed by atoms with E-state index in [1.165, 1.54) is 0 Å². The molecule has 0 bridgehead atoms. The number of nitrogens with one attached hydrogen (secondary N) is 1. The van der Waals surface area contributed by atoms with Crippen LogP contribution in [0, 0.1) is 0 Å². The molecule has 2 N–H and O–H groups in total. The van der Waals surface area contributed by atoms with Crippen molar-refractivity contribution < 1.29 is 5.11 Å². The summed E-state index contributed by atoms with van der Waals surface area (Å²) in [6.07, 6.45) is 2.52. The van der Waals surface area contributed by atoms with Gasteiger partial charge in [-0.25, -0.2) is 4.98 Å². The van der Waals surface area contributed by atoms with Crippen LogP contribution in [0.3, 0.4) is 0 Å². The lowest BCUT2D eigenvalue weighted by Crippen LogP contribution is -2.45. The van der Waals surface area contributed by atoms with Gasteiger partial charge in [-0.05, 0) is 32.5 Å². The monoisotopic (exact) mass is 274 g/mol. The van der Waals surface area contributed by atoms with Gasteiger partial charge in [-0.1, -0.05) is 18.5 Å². The zero-order valence-electron chi connectivity index (χ0n) is 10.4. The molecular weight excluding hydrogens is 256 g/mol. The highest BCUT2D eigenvalue weighted by Crippen LogP contribution is 2.27. The Kier molecular flexibility index (Phi) is 5.73. The van der Waals surface area contributed by atoms with Crippen molar-refractivity contribution in [3.05, 3.63) is 23.4 Å². The molecule has 1 heterocycles. The topological polar surface area (TPSA) is 45.1 Å². The minimum Gasteiger partial charge on any atom is -0.394 e. The number of nitrogens with zero attached hydrogens (tertiary/aromatic N) is 1. The van der Waals surface area contributed by atoms with Gasteiger partial charge < -0.3 is 10.4 Å². The van der Waals surface area contributed by atoms with Crippen LogP contribution in [0.2, 0.25) is 5.02 Å². The largest absolute Gasteiger partial charge is 0.394 e. The summed E-state index contributed by atoms with van der Waals surface area (Å²) in [5.74, 6) is 0. The van der Waals surface area contributed by atoms with Crippen LogP contribution in [0.4, 0.5) is 0 Å². The molecule has 2 atom stereocenters. The van der Waals surface area contributed by atoms with Gasteiger partial charge in [0.05, 0.1) is 16.7 Å². The second-order valence-electron chi connectivity index (χ2n) is 4.42. The first-order valence-corrected chi connectivity index (χ1v) is 6.83. The van der Waals surface area contributed by atoms with Gasteiger partial charge in [-0.2, -0.15) is 0 Å². The third-order valence-corrected chi connectivity index (χ3v) is 3.99. The highest BCUT2D eigenvalue weighted by molar-refractivity contribution is 7.99. The Labute approximate surface area is 112 Å². The van der Waals surface area contributed by atoms with Crippen molar-refractivity contribution in [2.45, 2.75) is 36.1 Å². The molecular formula is C12H19ClN2OS. The van der Waals surface area contributed by atoms with Crippen molar-refractivity contribution >= 4 is 23.4 Å². The molecule has 2 unspecified atom stereocenters. The number of aliphatic hydroxyl groups is 1. The summed E-state index contributed by atoms with van der Waals surface area (Å²) in [6.45, 7) is 4.27. The van der Waals surface area contributed by atoms with E-state index in [9.17, 15) is 5.11 Å². The molecule has 0 fully saturated rings. The maximum Gasteiger partial charge on any atom is 0.0963 e. The van der Waals surface area contributed by atoms with Crippen LogP contribution < -0.4 is 5.32 Å². The lowest BCUT2D eigenvalue weighted by Gasteiger charge is -2.29. The predicted molar refractivity (Wildman–Crippen MR) is 73.7 cm³/mol. The molecule has 0 aliphatic heterocycles. The highest BCUT2D eigenvalue weighted by atomic mass is 35.5. The van der Waals surface area contributed by atoms with E-state index in [-0.39, 0.29) is 12.1 Å². The van der Waals surface area contributed by atoms with E-state index < -0.39 is 0 Å². The summed E-state index contributed by atoms with van der Waals surface area (Å²) in [6, 6.07) is 3.76. The number of rotatable bonds is 6. The third kappa shape index (κ3) is 4.84. The molecule has 0 aliphatic rings. The normalized spacial score (nSPS) is 16.5. The Bertz CT molecular complexity index is 341. The first-order chi connectivity index (χ1) is 7.99. The summed E-state index contributed by atoms with van der Waals surface area (Å²) < 4.78 is 0. The standard InChI is InChI=1S/C12H19ClN2OS/c1-9(6-12(2,8-16)14-3)17-11-5-4-10(13)7-15-11/h4-5,7,9,14,16H,6,8H2,1-3H3. The molecule has 17 heavy (non-hydrogen) atoms. The van der Waals surface area contributed by atoms with Gasteiger partial charge in [0.1, 0.15) is 0 Å². The minimum atomic E-state index is -0.237. The van der Waals surface area contributed by atoms with E-state index in [0.717, 1.165) is 11.4 Å². The van der Waals surface area contributed by atoms with Crippen LogP contribution in [0.1, 0.15) is 20.3 Å². The number of pyridine rings is 1. The lowest BCUT2D eigenvalue weighted by atomic mass is 9.98. The second-order valence-corrected chi connectivity index (χ2v) is 6.31. The number of halogens is 1. The van der Waals surface area contributed by atoms with Gasteiger partial charge in [-0.3, -0.25) is 0 Å². The van der Waals surface area contributed by atoms with Gasteiger partial charge in [-0.15, -0.1) is 11.8 Å². The summed E-state index contributed by atoms with van der Waals surface area (Å²) in [4.78, 5) is 4.25. The van der Waals surface area contributed by atoms with E-state index in [0.29, 0.717) is 10.3 Å². The highest BCUT2D eigenvalue weighted by Gasteiger charge is 2.24. The lowest BCUT2D eigenvalue weighted by molar-refractivity contribution is 0.174. The molecule has 0 aliphatic carbocycles.